The molecule has 2 amide bonds. The number of phenols is 1. The van der Waals surface area contributed by atoms with Crippen LogP contribution in [0, 0.1) is 0 Å². The van der Waals surface area contributed by atoms with Gasteiger partial charge in [0.1, 0.15) is 11.5 Å². The lowest BCUT2D eigenvalue weighted by atomic mass is 10.1. The zero-order valence-electron chi connectivity index (χ0n) is 15.7. The van der Waals surface area contributed by atoms with Crippen LogP contribution < -0.4 is 4.74 Å². The number of hydrogen-bond acceptors (Lipinski definition) is 4. The van der Waals surface area contributed by atoms with Gasteiger partial charge in [0.25, 0.3) is 5.91 Å². The van der Waals surface area contributed by atoms with Crippen molar-refractivity contribution in [3.8, 4) is 11.5 Å². The van der Waals surface area contributed by atoms with Gasteiger partial charge in [-0.25, -0.2) is 0 Å². The molecule has 2 atom stereocenters. The molecule has 2 heterocycles. The minimum atomic E-state index is -0.0575. The van der Waals surface area contributed by atoms with Gasteiger partial charge in [0.2, 0.25) is 5.91 Å². The number of fused-ring (bicyclic) bond motifs is 1. The fourth-order valence-electron chi connectivity index (χ4n) is 4.25. The Bertz CT molecular complexity index is 837. The zero-order chi connectivity index (χ0) is 19.5. The van der Waals surface area contributed by atoms with Crippen molar-refractivity contribution in [2.75, 3.05) is 19.7 Å². The van der Waals surface area contributed by atoms with Gasteiger partial charge in [-0.1, -0.05) is 30.3 Å². The van der Waals surface area contributed by atoms with Crippen LogP contribution in [0.25, 0.3) is 0 Å². The molecule has 0 saturated carbocycles. The normalized spacial score (nSPS) is 20.9. The number of benzene rings is 2. The molecule has 0 spiro atoms. The maximum Gasteiger partial charge on any atom is 0.260 e. The predicted molar refractivity (Wildman–Crippen MR) is 104 cm³/mol. The Morgan fingerprint density at radius 3 is 2.14 bits per heavy atom. The summed E-state index contributed by atoms with van der Waals surface area (Å²) in [6.07, 6.45) is 2.04. The van der Waals surface area contributed by atoms with Gasteiger partial charge in [-0.15, -0.1) is 0 Å². The Kier molecular flexibility index (Phi) is 5.19. The molecule has 2 fully saturated rings. The van der Waals surface area contributed by atoms with Crippen LogP contribution in [0.4, 0.5) is 0 Å². The van der Waals surface area contributed by atoms with Crippen LogP contribution in [0.3, 0.4) is 0 Å². The van der Waals surface area contributed by atoms with E-state index < -0.39 is 0 Å². The summed E-state index contributed by atoms with van der Waals surface area (Å²) in [4.78, 5) is 29.2. The maximum atomic E-state index is 12.7. The highest BCUT2D eigenvalue weighted by molar-refractivity contribution is 5.81. The highest BCUT2D eigenvalue weighted by atomic mass is 16.5. The van der Waals surface area contributed by atoms with Crippen LogP contribution >= 0.6 is 0 Å². The minimum absolute atomic E-state index is 0.0358. The van der Waals surface area contributed by atoms with E-state index >= 15 is 0 Å². The lowest BCUT2D eigenvalue weighted by molar-refractivity contribution is -0.135. The van der Waals surface area contributed by atoms with Gasteiger partial charge in [0.05, 0.1) is 18.5 Å². The fraction of sp³-hybridized carbons (Fsp3) is 0.364. The van der Waals surface area contributed by atoms with E-state index in [0.717, 1.165) is 18.4 Å². The van der Waals surface area contributed by atoms with Crippen LogP contribution in [0.5, 0.6) is 11.5 Å². The molecule has 2 aliphatic rings. The summed E-state index contributed by atoms with van der Waals surface area (Å²) < 4.78 is 5.55. The summed E-state index contributed by atoms with van der Waals surface area (Å²) in [5.41, 5.74) is 1.02. The average Bonchev–Trinajstić information content (AvgIpc) is 3.30. The molecule has 2 aliphatic heterocycles. The summed E-state index contributed by atoms with van der Waals surface area (Å²) in [6, 6.07) is 16.3. The van der Waals surface area contributed by atoms with Crippen LogP contribution in [-0.2, 0) is 16.0 Å². The molecule has 28 heavy (non-hydrogen) atoms. The van der Waals surface area contributed by atoms with Gasteiger partial charge in [0, 0.05) is 13.1 Å². The summed E-state index contributed by atoms with van der Waals surface area (Å²) in [7, 11) is 0. The van der Waals surface area contributed by atoms with Crippen molar-refractivity contribution in [3.05, 3.63) is 60.2 Å². The summed E-state index contributed by atoms with van der Waals surface area (Å²) >= 11 is 0. The number of aromatic hydroxyl groups is 1. The Hall–Kier alpha value is -3.02. The molecule has 0 aromatic heterocycles. The minimum Gasteiger partial charge on any atom is -0.508 e. The first-order valence-corrected chi connectivity index (χ1v) is 9.66. The van der Waals surface area contributed by atoms with E-state index in [1.165, 1.54) is 12.1 Å². The number of rotatable bonds is 5. The van der Waals surface area contributed by atoms with Gasteiger partial charge in [0.15, 0.2) is 6.61 Å². The van der Waals surface area contributed by atoms with Crippen molar-refractivity contribution in [2.45, 2.75) is 31.3 Å². The van der Waals surface area contributed by atoms with Gasteiger partial charge in [-0.3, -0.25) is 9.59 Å². The molecular weight excluding hydrogens is 356 g/mol. The van der Waals surface area contributed by atoms with E-state index in [9.17, 15) is 14.7 Å². The van der Waals surface area contributed by atoms with Crippen molar-refractivity contribution < 1.29 is 19.4 Å². The molecule has 0 bridgehead atoms. The topological polar surface area (TPSA) is 70.1 Å². The SMILES string of the molecule is O=C(Cc1ccccc1)N1CC[C@H]2[C@H]1CCN2C(=O)COc1ccc(O)cc1. The second-order valence-electron chi connectivity index (χ2n) is 7.33. The third kappa shape index (κ3) is 3.81. The second kappa shape index (κ2) is 7.92. The first-order valence-electron chi connectivity index (χ1n) is 9.66. The van der Waals surface area contributed by atoms with Crippen molar-refractivity contribution in [3.63, 3.8) is 0 Å². The molecule has 6 nitrogen and oxygen atoms in total. The Morgan fingerprint density at radius 2 is 1.50 bits per heavy atom. The summed E-state index contributed by atoms with van der Waals surface area (Å²) in [5, 5.41) is 9.31. The first kappa shape index (κ1) is 18.3. The largest absolute Gasteiger partial charge is 0.508 e. The van der Waals surface area contributed by atoms with Gasteiger partial charge in [-0.05, 0) is 42.7 Å². The number of likely N-dealkylation sites (tertiary alicyclic amines) is 2. The average molecular weight is 380 g/mol. The molecule has 1 N–H and O–H groups in total. The van der Waals surface area contributed by atoms with Crippen LogP contribution in [0.15, 0.2) is 54.6 Å². The van der Waals surface area contributed by atoms with E-state index in [-0.39, 0.29) is 36.3 Å². The molecule has 0 radical (unpaired) electrons. The summed E-state index contributed by atoms with van der Waals surface area (Å²) in [5.74, 6) is 0.784. The first-order chi connectivity index (χ1) is 13.6. The highest BCUT2D eigenvalue weighted by Gasteiger charge is 2.45. The van der Waals surface area contributed by atoms with Crippen LogP contribution in [0.1, 0.15) is 18.4 Å². The Balaban J connectivity index is 1.33. The molecule has 0 unspecified atom stereocenters. The molecule has 2 aromatic carbocycles. The van der Waals surface area contributed by atoms with E-state index in [2.05, 4.69) is 0 Å². The second-order valence-corrected chi connectivity index (χ2v) is 7.33. The van der Waals surface area contributed by atoms with Crippen molar-refractivity contribution in [2.24, 2.45) is 0 Å². The monoisotopic (exact) mass is 380 g/mol. The molecule has 2 saturated heterocycles. The molecule has 146 valence electrons. The third-order valence-corrected chi connectivity index (χ3v) is 5.61. The fourth-order valence-corrected chi connectivity index (χ4v) is 4.25. The number of nitrogens with zero attached hydrogens (tertiary/aromatic N) is 2. The lowest BCUT2D eigenvalue weighted by Crippen LogP contribution is -2.43. The number of ether oxygens (including phenoxy) is 1. The highest BCUT2D eigenvalue weighted by Crippen LogP contribution is 2.32. The quantitative estimate of drug-likeness (QED) is 0.864. The van der Waals surface area contributed by atoms with E-state index in [1.54, 1.807) is 12.1 Å². The third-order valence-electron chi connectivity index (χ3n) is 5.61. The standard InChI is InChI=1S/C22H24N2O4/c25-17-6-8-18(9-7-17)28-15-22(27)24-13-11-19-20(24)10-12-23(19)21(26)14-16-4-2-1-3-5-16/h1-9,19-20,25H,10-15H2/t19-,20+/m1/s1. The Morgan fingerprint density at radius 1 is 0.893 bits per heavy atom. The number of carbonyl (C=O) groups excluding carboxylic acids is 2. The Labute approximate surface area is 164 Å². The zero-order valence-corrected chi connectivity index (χ0v) is 15.7. The number of hydrogen-bond donors (Lipinski definition) is 1. The van der Waals surface area contributed by atoms with Crippen LogP contribution in [-0.4, -0.2) is 58.5 Å². The van der Waals surface area contributed by atoms with Crippen molar-refractivity contribution in [1.82, 2.24) is 9.80 Å². The summed E-state index contributed by atoms with van der Waals surface area (Å²) in [6.45, 7) is 1.32. The lowest BCUT2D eigenvalue weighted by Gasteiger charge is -2.26. The molecule has 4 rings (SSSR count). The van der Waals surface area contributed by atoms with Gasteiger partial charge < -0.3 is 19.6 Å². The molecule has 2 aromatic rings. The van der Waals surface area contributed by atoms with E-state index in [4.69, 9.17) is 4.74 Å². The number of phenolic OH excluding ortho intramolecular Hbond substituents is 1. The molecule has 0 aliphatic carbocycles. The molecular formula is C22H24N2O4. The van der Waals surface area contributed by atoms with Gasteiger partial charge >= 0.3 is 0 Å². The van der Waals surface area contributed by atoms with E-state index in [1.807, 2.05) is 40.1 Å². The van der Waals surface area contributed by atoms with Crippen molar-refractivity contribution >= 4 is 11.8 Å². The number of carbonyl (C=O) groups is 2. The van der Waals surface area contributed by atoms with Gasteiger partial charge in [-0.2, -0.15) is 0 Å². The smallest absolute Gasteiger partial charge is 0.260 e. The number of amides is 2. The van der Waals surface area contributed by atoms with Crippen molar-refractivity contribution in [1.29, 1.82) is 0 Å². The van der Waals surface area contributed by atoms with E-state index in [0.29, 0.717) is 25.3 Å². The maximum absolute atomic E-state index is 12.7. The van der Waals surface area contributed by atoms with Crippen LogP contribution in [0.2, 0.25) is 0 Å². The molecule has 6 heteroatoms. The predicted octanol–water partition coefficient (Wildman–Crippen LogP) is 2.22.